The molecule has 0 aliphatic heterocycles. The molecule has 92 valence electrons. The van der Waals surface area contributed by atoms with Gasteiger partial charge < -0.3 is 4.74 Å². The van der Waals surface area contributed by atoms with Gasteiger partial charge in [0, 0.05) is 23.9 Å². The van der Waals surface area contributed by atoms with Crippen molar-refractivity contribution in [2.45, 2.75) is 37.9 Å². The molecular formula is C9H15ClN2O3S. The largest absolute Gasteiger partial charge is 0.372 e. The van der Waals surface area contributed by atoms with E-state index in [4.69, 9.17) is 15.4 Å². The second kappa shape index (κ2) is 5.16. The van der Waals surface area contributed by atoms with Crippen molar-refractivity contribution in [1.82, 2.24) is 9.78 Å². The van der Waals surface area contributed by atoms with Crippen molar-refractivity contribution >= 4 is 19.7 Å². The average molecular weight is 267 g/mol. The first kappa shape index (κ1) is 13.5. The van der Waals surface area contributed by atoms with Gasteiger partial charge in [-0.25, -0.2) is 8.42 Å². The van der Waals surface area contributed by atoms with Crippen LogP contribution in [-0.2, 0) is 27.4 Å². The van der Waals surface area contributed by atoms with Gasteiger partial charge in [0.25, 0.3) is 9.05 Å². The van der Waals surface area contributed by atoms with Crippen molar-refractivity contribution in [1.29, 1.82) is 0 Å². The van der Waals surface area contributed by atoms with E-state index in [1.54, 1.807) is 7.05 Å². The molecule has 0 bridgehead atoms. The number of aromatic nitrogens is 2. The quantitative estimate of drug-likeness (QED) is 0.761. The van der Waals surface area contributed by atoms with Crippen molar-refractivity contribution in [2.24, 2.45) is 7.05 Å². The minimum Gasteiger partial charge on any atom is -0.372 e. The van der Waals surface area contributed by atoms with E-state index < -0.39 is 9.05 Å². The molecule has 0 fully saturated rings. The van der Waals surface area contributed by atoms with Crippen LogP contribution in [-0.4, -0.2) is 24.3 Å². The Morgan fingerprint density at radius 2 is 2.25 bits per heavy atom. The van der Waals surface area contributed by atoms with Crippen molar-refractivity contribution in [3.63, 3.8) is 0 Å². The molecule has 0 unspecified atom stereocenters. The molecule has 1 aromatic rings. The minimum atomic E-state index is -3.76. The highest BCUT2D eigenvalue weighted by atomic mass is 35.7. The van der Waals surface area contributed by atoms with Gasteiger partial charge in [0.1, 0.15) is 10.6 Å². The fourth-order valence-electron chi connectivity index (χ4n) is 1.16. The summed E-state index contributed by atoms with van der Waals surface area (Å²) < 4.78 is 29.3. The summed E-state index contributed by atoms with van der Waals surface area (Å²) in [5.41, 5.74) is 0.345. The number of hydrogen-bond acceptors (Lipinski definition) is 4. The van der Waals surface area contributed by atoms with Crippen LogP contribution in [0.1, 0.15) is 26.0 Å². The van der Waals surface area contributed by atoms with Gasteiger partial charge in [-0.1, -0.05) is 6.92 Å². The Morgan fingerprint density at radius 3 is 2.75 bits per heavy atom. The lowest BCUT2D eigenvalue weighted by Crippen LogP contribution is -2.08. The van der Waals surface area contributed by atoms with E-state index in [2.05, 4.69) is 5.10 Å². The molecule has 16 heavy (non-hydrogen) atoms. The Labute approximate surface area is 99.8 Å². The highest BCUT2D eigenvalue weighted by Gasteiger charge is 2.20. The molecule has 0 aliphatic carbocycles. The molecule has 7 heteroatoms. The highest BCUT2D eigenvalue weighted by molar-refractivity contribution is 8.13. The average Bonchev–Trinajstić information content (AvgIpc) is 2.55. The molecule has 5 nitrogen and oxygen atoms in total. The highest BCUT2D eigenvalue weighted by Crippen LogP contribution is 2.19. The number of aryl methyl sites for hydroxylation is 1. The van der Waals surface area contributed by atoms with Crippen LogP contribution in [0.2, 0.25) is 0 Å². The molecule has 0 aromatic carbocycles. The first-order valence-corrected chi connectivity index (χ1v) is 7.24. The first-order chi connectivity index (χ1) is 7.34. The molecule has 0 aliphatic rings. The van der Waals surface area contributed by atoms with Gasteiger partial charge in [0.05, 0.1) is 12.7 Å². The summed E-state index contributed by atoms with van der Waals surface area (Å²) in [5, 5.41) is 4.01. The summed E-state index contributed by atoms with van der Waals surface area (Å²) in [6, 6.07) is 0. The molecule has 0 radical (unpaired) electrons. The van der Waals surface area contributed by atoms with Crippen molar-refractivity contribution in [3.05, 3.63) is 11.9 Å². The Hall–Kier alpha value is -0.590. The van der Waals surface area contributed by atoms with Crippen LogP contribution >= 0.6 is 10.7 Å². The minimum absolute atomic E-state index is 0.0139. The standard InChI is InChI=1S/C9H15ClN2O3S/c1-4-7(2)15-6-8-9(16(10,13)14)5-12(3)11-8/h5,7H,4,6H2,1-3H3/t7-/m0/s1. The van der Waals surface area contributed by atoms with Crippen molar-refractivity contribution in [2.75, 3.05) is 0 Å². The van der Waals surface area contributed by atoms with Gasteiger partial charge in [-0.2, -0.15) is 5.10 Å². The van der Waals surface area contributed by atoms with E-state index in [-0.39, 0.29) is 17.6 Å². The maximum absolute atomic E-state index is 11.2. The van der Waals surface area contributed by atoms with Gasteiger partial charge in [-0.3, -0.25) is 4.68 Å². The second-order valence-electron chi connectivity index (χ2n) is 3.58. The number of hydrogen-bond donors (Lipinski definition) is 0. The van der Waals surface area contributed by atoms with Gasteiger partial charge in [-0.05, 0) is 13.3 Å². The van der Waals surface area contributed by atoms with Crippen LogP contribution < -0.4 is 0 Å². The summed E-state index contributed by atoms with van der Waals surface area (Å²) in [5.74, 6) is 0. The molecule has 1 atom stereocenters. The van der Waals surface area contributed by atoms with Crippen LogP contribution in [0.15, 0.2) is 11.1 Å². The lowest BCUT2D eigenvalue weighted by atomic mass is 10.3. The topological polar surface area (TPSA) is 61.2 Å². The summed E-state index contributed by atoms with van der Waals surface area (Å²) >= 11 is 0. The lowest BCUT2D eigenvalue weighted by molar-refractivity contribution is 0.0474. The summed E-state index contributed by atoms with van der Waals surface area (Å²) in [7, 11) is 3.17. The Kier molecular flexibility index (Phi) is 4.35. The maximum Gasteiger partial charge on any atom is 0.264 e. The molecule has 0 amide bonds. The fraction of sp³-hybridized carbons (Fsp3) is 0.667. The van der Waals surface area contributed by atoms with Gasteiger partial charge in [0.2, 0.25) is 0 Å². The summed E-state index contributed by atoms with van der Waals surface area (Å²) in [6.07, 6.45) is 2.29. The monoisotopic (exact) mass is 266 g/mol. The van der Waals surface area contributed by atoms with Gasteiger partial charge in [0.15, 0.2) is 0 Å². The molecule has 1 rings (SSSR count). The van der Waals surface area contributed by atoms with Crippen LogP contribution in [0, 0.1) is 0 Å². The zero-order valence-electron chi connectivity index (χ0n) is 9.47. The predicted molar refractivity (Wildman–Crippen MR) is 60.8 cm³/mol. The summed E-state index contributed by atoms with van der Waals surface area (Å²) in [6.45, 7) is 4.05. The number of ether oxygens (including phenoxy) is 1. The van der Waals surface area contributed by atoms with Crippen LogP contribution in [0.3, 0.4) is 0 Å². The van der Waals surface area contributed by atoms with Crippen molar-refractivity contribution in [3.8, 4) is 0 Å². The molecule has 0 saturated heterocycles. The number of rotatable bonds is 5. The SMILES string of the molecule is CC[C@H](C)OCc1nn(C)cc1S(=O)(=O)Cl. The zero-order valence-corrected chi connectivity index (χ0v) is 11.0. The zero-order chi connectivity index (χ0) is 12.3. The maximum atomic E-state index is 11.2. The number of nitrogens with zero attached hydrogens (tertiary/aromatic N) is 2. The van der Waals surface area contributed by atoms with Crippen LogP contribution in [0.4, 0.5) is 0 Å². The smallest absolute Gasteiger partial charge is 0.264 e. The van der Waals surface area contributed by atoms with E-state index in [0.717, 1.165) is 6.42 Å². The van der Waals surface area contributed by atoms with E-state index in [9.17, 15) is 8.42 Å². The number of halogens is 1. The molecule has 0 N–H and O–H groups in total. The predicted octanol–water partition coefficient (Wildman–Crippen LogP) is 1.66. The Bertz CT molecular complexity index is 455. The van der Waals surface area contributed by atoms with E-state index in [1.807, 2.05) is 13.8 Å². The fourth-order valence-corrected chi connectivity index (χ4v) is 2.20. The van der Waals surface area contributed by atoms with E-state index in [1.165, 1.54) is 10.9 Å². The first-order valence-electron chi connectivity index (χ1n) is 4.93. The van der Waals surface area contributed by atoms with E-state index >= 15 is 0 Å². The van der Waals surface area contributed by atoms with Gasteiger partial charge in [-0.15, -0.1) is 0 Å². The molecule has 1 aromatic heterocycles. The van der Waals surface area contributed by atoms with Crippen LogP contribution in [0.5, 0.6) is 0 Å². The lowest BCUT2D eigenvalue weighted by Gasteiger charge is -2.09. The summed E-state index contributed by atoms with van der Waals surface area (Å²) in [4.78, 5) is 0.0139. The van der Waals surface area contributed by atoms with E-state index in [0.29, 0.717) is 5.69 Å². The Balaban J connectivity index is 2.88. The Morgan fingerprint density at radius 1 is 1.62 bits per heavy atom. The van der Waals surface area contributed by atoms with Gasteiger partial charge >= 0.3 is 0 Å². The molecule has 1 heterocycles. The third-order valence-electron chi connectivity index (χ3n) is 2.21. The second-order valence-corrected chi connectivity index (χ2v) is 6.12. The third kappa shape index (κ3) is 3.47. The normalized spacial score (nSPS) is 14.0. The molecule has 0 spiro atoms. The van der Waals surface area contributed by atoms with Crippen molar-refractivity contribution < 1.29 is 13.2 Å². The third-order valence-corrected chi connectivity index (χ3v) is 3.57. The molecule has 0 saturated carbocycles. The van der Waals surface area contributed by atoms with Crippen LogP contribution in [0.25, 0.3) is 0 Å². The molecular weight excluding hydrogens is 252 g/mol.